The van der Waals surface area contributed by atoms with Gasteiger partial charge >= 0.3 is 0 Å². The topological polar surface area (TPSA) is 70.6 Å². The van der Waals surface area contributed by atoms with Gasteiger partial charge in [-0.1, -0.05) is 44.7 Å². The largest absolute Gasteiger partial charge is 0.341 e. The second kappa shape index (κ2) is 7.17. The fourth-order valence-corrected chi connectivity index (χ4v) is 2.82. The highest BCUT2D eigenvalue weighted by Gasteiger charge is 2.20. The number of rotatable bonds is 3. The van der Waals surface area contributed by atoms with E-state index in [4.69, 9.17) is 0 Å². The highest BCUT2D eigenvalue weighted by atomic mass is 32.2. The predicted molar refractivity (Wildman–Crippen MR) is 95.0 cm³/mol. The first-order valence-electron chi connectivity index (χ1n) is 7.67. The molecule has 1 heterocycles. The molecule has 5 nitrogen and oxygen atoms in total. The summed E-state index contributed by atoms with van der Waals surface area (Å²) >= 11 is 1.51. The number of nitrogens with zero attached hydrogens (tertiary/aromatic N) is 1. The van der Waals surface area contributed by atoms with Gasteiger partial charge in [0.15, 0.2) is 5.17 Å². The first kappa shape index (κ1) is 17.5. The zero-order valence-electron chi connectivity index (χ0n) is 14.0. The van der Waals surface area contributed by atoms with E-state index < -0.39 is 6.04 Å². The molecule has 0 saturated heterocycles. The summed E-state index contributed by atoms with van der Waals surface area (Å²) in [6.45, 7) is 8.76. The lowest BCUT2D eigenvalue weighted by atomic mass is 9.86. The average molecular weight is 333 g/mol. The Labute approximate surface area is 141 Å². The Kier molecular flexibility index (Phi) is 5.46. The minimum atomic E-state index is -0.617. The normalized spacial score (nSPS) is 15.7. The molecule has 0 bridgehead atoms. The van der Waals surface area contributed by atoms with Crippen molar-refractivity contribution in [2.24, 2.45) is 4.99 Å². The van der Waals surface area contributed by atoms with Gasteiger partial charge in [0.25, 0.3) is 5.91 Å². The van der Waals surface area contributed by atoms with Crippen LogP contribution in [0, 0.1) is 0 Å². The van der Waals surface area contributed by atoms with E-state index in [1.54, 1.807) is 19.1 Å². The lowest BCUT2D eigenvalue weighted by Crippen LogP contribution is -2.45. The molecule has 1 aliphatic rings. The minimum Gasteiger partial charge on any atom is -0.341 e. The fraction of sp³-hybridized carbons (Fsp3) is 0.471. The summed E-state index contributed by atoms with van der Waals surface area (Å²) in [5, 5.41) is 6.07. The molecule has 0 unspecified atom stereocenters. The van der Waals surface area contributed by atoms with Gasteiger partial charge in [0.1, 0.15) is 6.04 Å². The molecule has 0 saturated carbocycles. The lowest BCUT2D eigenvalue weighted by Gasteiger charge is -2.19. The van der Waals surface area contributed by atoms with Crippen molar-refractivity contribution < 1.29 is 9.59 Å². The van der Waals surface area contributed by atoms with Gasteiger partial charge in [-0.15, -0.1) is 0 Å². The van der Waals surface area contributed by atoms with Crippen molar-refractivity contribution in [2.45, 2.75) is 39.2 Å². The van der Waals surface area contributed by atoms with Crippen LogP contribution in [0.2, 0.25) is 0 Å². The first-order valence-corrected chi connectivity index (χ1v) is 8.65. The van der Waals surface area contributed by atoms with Gasteiger partial charge in [0.05, 0.1) is 6.54 Å². The number of hydrogen-bond acceptors (Lipinski definition) is 4. The average Bonchev–Trinajstić information content (AvgIpc) is 2.99. The van der Waals surface area contributed by atoms with Crippen LogP contribution in [0.5, 0.6) is 0 Å². The monoisotopic (exact) mass is 333 g/mol. The van der Waals surface area contributed by atoms with Crippen molar-refractivity contribution in [1.82, 2.24) is 10.6 Å². The van der Waals surface area contributed by atoms with Gasteiger partial charge in [-0.25, -0.2) is 0 Å². The van der Waals surface area contributed by atoms with Crippen LogP contribution in [-0.2, 0) is 10.2 Å². The summed E-state index contributed by atoms with van der Waals surface area (Å²) in [5.74, 6) is 0.378. The maximum atomic E-state index is 12.2. The Bertz CT molecular complexity index is 618. The van der Waals surface area contributed by atoms with Gasteiger partial charge in [-0.05, 0) is 30.0 Å². The number of carbonyl (C=O) groups is 2. The Morgan fingerprint density at radius 3 is 2.39 bits per heavy atom. The van der Waals surface area contributed by atoms with Crippen molar-refractivity contribution in [3.63, 3.8) is 0 Å². The zero-order valence-corrected chi connectivity index (χ0v) is 14.8. The smallest absolute Gasteiger partial charge is 0.251 e. The SMILES string of the molecule is C[C@H](NC(=O)c1ccc(C(C)(C)C)cc1)C(=O)NC1=NCCS1. The predicted octanol–water partition coefficient (Wildman–Crippen LogP) is 2.32. The Morgan fingerprint density at radius 2 is 1.87 bits per heavy atom. The van der Waals surface area contributed by atoms with Crippen LogP contribution in [0.3, 0.4) is 0 Å². The van der Waals surface area contributed by atoms with Crippen LogP contribution in [-0.4, -0.2) is 35.3 Å². The third-order valence-electron chi connectivity index (χ3n) is 3.57. The van der Waals surface area contributed by atoms with Gasteiger partial charge in [-0.2, -0.15) is 0 Å². The molecule has 6 heteroatoms. The molecule has 2 rings (SSSR count). The van der Waals surface area contributed by atoms with E-state index in [1.165, 1.54) is 11.8 Å². The van der Waals surface area contributed by atoms with E-state index in [-0.39, 0.29) is 17.2 Å². The molecule has 124 valence electrons. The molecule has 1 atom stereocenters. The van der Waals surface area contributed by atoms with E-state index in [2.05, 4.69) is 36.4 Å². The summed E-state index contributed by atoms with van der Waals surface area (Å²) in [6, 6.07) is 6.86. The van der Waals surface area contributed by atoms with Crippen LogP contribution in [0.15, 0.2) is 29.3 Å². The maximum absolute atomic E-state index is 12.2. The Balaban J connectivity index is 1.93. The van der Waals surface area contributed by atoms with E-state index >= 15 is 0 Å². The molecule has 1 aliphatic heterocycles. The van der Waals surface area contributed by atoms with E-state index in [0.717, 1.165) is 17.9 Å². The highest BCUT2D eigenvalue weighted by molar-refractivity contribution is 8.14. The third kappa shape index (κ3) is 4.82. The third-order valence-corrected chi connectivity index (χ3v) is 4.46. The van der Waals surface area contributed by atoms with Gasteiger partial charge in [0, 0.05) is 11.3 Å². The summed E-state index contributed by atoms with van der Waals surface area (Å²) in [4.78, 5) is 28.4. The van der Waals surface area contributed by atoms with Crippen molar-refractivity contribution in [2.75, 3.05) is 12.3 Å². The Morgan fingerprint density at radius 1 is 1.22 bits per heavy atom. The van der Waals surface area contributed by atoms with Crippen LogP contribution in [0.4, 0.5) is 0 Å². The van der Waals surface area contributed by atoms with Crippen LogP contribution >= 0.6 is 11.8 Å². The Hall–Kier alpha value is -1.82. The molecule has 0 radical (unpaired) electrons. The molecule has 0 aromatic heterocycles. The molecular weight excluding hydrogens is 310 g/mol. The quantitative estimate of drug-likeness (QED) is 0.892. The molecule has 23 heavy (non-hydrogen) atoms. The van der Waals surface area contributed by atoms with Crippen molar-refractivity contribution in [1.29, 1.82) is 0 Å². The second-order valence-corrected chi connectivity index (χ2v) is 7.63. The number of carbonyl (C=O) groups excluding carboxylic acids is 2. The van der Waals surface area contributed by atoms with Crippen LogP contribution in [0.25, 0.3) is 0 Å². The van der Waals surface area contributed by atoms with Gasteiger partial charge in [-0.3, -0.25) is 14.6 Å². The number of amides is 2. The lowest BCUT2D eigenvalue weighted by molar-refractivity contribution is -0.121. The summed E-state index contributed by atoms with van der Waals surface area (Å²) < 4.78 is 0. The molecule has 2 amide bonds. The van der Waals surface area contributed by atoms with E-state index in [0.29, 0.717) is 10.7 Å². The van der Waals surface area contributed by atoms with Crippen LogP contribution < -0.4 is 10.6 Å². The first-order chi connectivity index (χ1) is 10.8. The molecule has 1 aromatic rings. The molecule has 0 fully saturated rings. The number of thioether (sulfide) groups is 1. The van der Waals surface area contributed by atoms with Crippen LogP contribution in [0.1, 0.15) is 43.6 Å². The number of benzene rings is 1. The second-order valence-electron chi connectivity index (χ2n) is 6.55. The number of hydrogen-bond donors (Lipinski definition) is 2. The summed E-state index contributed by atoms with van der Waals surface area (Å²) in [5.41, 5.74) is 1.75. The molecule has 0 aliphatic carbocycles. The van der Waals surface area contributed by atoms with Gasteiger partial charge in [0.2, 0.25) is 5.91 Å². The number of amidine groups is 1. The van der Waals surface area contributed by atoms with E-state index in [9.17, 15) is 9.59 Å². The number of aliphatic imine (C=N–C) groups is 1. The van der Waals surface area contributed by atoms with Crippen molar-refractivity contribution >= 4 is 28.7 Å². The zero-order chi connectivity index (χ0) is 17.0. The molecular formula is C17H23N3O2S. The van der Waals surface area contributed by atoms with Gasteiger partial charge < -0.3 is 10.6 Å². The fourth-order valence-electron chi connectivity index (χ4n) is 2.09. The molecule has 0 spiro atoms. The van der Waals surface area contributed by atoms with E-state index in [1.807, 2.05) is 12.1 Å². The summed E-state index contributed by atoms with van der Waals surface area (Å²) in [7, 11) is 0. The standard InChI is InChI=1S/C17H23N3O2S/c1-11(14(21)20-16-18-9-10-23-16)19-15(22)12-5-7-13(8-6-12)17(2,3)4/h5-8,11H,9-10H2,1-4H3,(H,19,22)(H,18,20,21)/t11-/m0/s1. The molecule has 1 aromatic carbocycles. The maximum Gasteiger partial charge on any atom is 0.251 e. The van der Waals surface area contributed by atoms with Crippen molar-refractivity contribution in [3.05, 3.63) is 35.4 Å². The number of nitrogens with one attached hydrogen (secondary N) is 2. The highest BCUT2D eigenvalue weighted by Crippen LogP contribution is 2.22. The minimum absolute atomic E-state index is 0.0435. The molecule has 2 N–H and O–H groups in total. The summed E-state index contributed by atoms with van der Waals surface area (Å²) in [6.07, 6.45) is 0. The van der Waals surface area contributed by atoms with Crippen molar-refractivity contribution in [3.8, 4) is 0 Å².